The molecule has 0 aliphatic rings. The maximum absolute atomic E-state index is 14.1. The smallest absolute Gasteiger partial charge is 0.394 e. The van der Waals surface area contributed by atoms with Crippen LogP contribution in [0.1, 0.15) is 24.9 Å². The van der Waals surface area contributed by atoms with E-state index in [1.165, 1.54) is 7.11 Å². The van der Waals surface area contributed by atoms with Crippen LogP contribution in [0.15, 0.2) is 59.2 Å². The second-order valence-electron chi connectivity index (χ2n) is 6.95. The minimum Gasteiger partial charge on any atom is -0.496 e. The molecule has 0 saturated carbocycles. The van der Waals surface area contributed by atoms with E-state index in [0.717, 1.165) is 9.99 Å². The van der Waals surface area contributed by atoms with Gasteiger partial charge in [-0.05, 0) is 37.6 Å². The Bertz CT molecular complexity index is 1020. The Morgan fingerprint density at radius 1 is 1.31 bits per heavy atom. The SMILES string of the molecule is C=C(C)CC(C(Nc1cccc2[nH]ncc12)c1ccc(Br)cc1OC)C(F)(F)F. The van der Waals surface area contributed by atoms with Gasteiger partial charge < -0.3 is 10.1 Å². The van der Waals surface area contributed by atoms with Crippen LogP contribution in [0.5, 0.6) is 5.75 Å². The number of benzene rings is 2. The number of aromatic amines is 1. The molecule has 3 rings (SSSR count). The van der Waals surface area contributed by atoms with Gasteiger partial charge in [0.05, 0.1) is 30.8 Å². The Morgan fingerprint density at radius 2 is 2.07 bits per heavy atom. The Hall–Kier alpha value is -2.48. The summed E-state index contributed by atoms with van der Waals surface area (Å²) in [5.74, 6) is -1.33. The zero-order valence-corrected chi connectivity index (χ0v) is 17.6. The third kappa shape index (κ3) is 4.75. The van der Waals surface area contributed by atoms with Crippen molar-refractivity contribution in [2.45, 2.75) is 25.6 Å². The van der Waals surface area contributed by atoms with Crippen molar-refractivity contribution >= 4 is 32.5 Å². The normalized spacial score (nSPS) is 13.9. The summed E-state index contributed by atoms with van der Waals surface area (Å²) in [5, 5.41) is 10.7. The molecule has 0 aliphatic heterocycles. The summed E-state index contributed by atoms with van der Waals surface area (Å²) in [5.41, 5.74) is 2.17. The molecule has 1 aromatic heterocycles. The van der Waals surface area contributed by atoms with Crippen LogP contribution in [0.25, 0.3) is 10.9 Å². The van der Waals surface area contributed by atoms with Gasteiger partial charge in [0, 0.05) is 21.1 Å². The largest absolute Gasteiger partial charge is 0.496 e. The second kappa shape index (κ2) is 8.49. The molecule has 0 bridgehead atoms. The number of hydrogen-bond acceptors (Lipinski definition) is 3. The van der Waals surface area contributed by atoms with Gasteiger partial charge in [-0.3, -0.25) is 5.10 Å². The molecule has 0 amide bonds. The highest BCUT2D eigenvalue weighted by Gasteiger charge is 2.46. The molecule has 2 N–H and O–H groups in total. The van der Waals surface area contributed by atoms with Gasteiger partial charge in [0.1, 0.15) is 5.75 Å². The lowest BCUT2D eigenvalue weighted by molar-refractivity contribution is -0.178. The van der Waals surface area contributed by atoms with Crippen molar-refractivity contribution in [2.75, 3.05) is 12.4 Å². The van der Waals surface area contributed by atoms with Gasteiger partial charge in [0.2, 0.25) is 0 Å². The first kappa shape index (κ1) is 21.2. The summed E-state index contributed by atoms with van der Waals surface area (Å²) in [6.07, 6.45) is -3.06. The van der Waals surface area contributed by atoms with Gasteiger partial charge in [-0.25, -0.2) is 0 Å². The van der Waals surface area contributed by atoms with Crippen molar-refractivity contribution < 1.29 is 17.9 Å². The molecule has 8 heteroatoms. The van der Waals surface area contributed by atoms with E-state index < -0.39 is 18.1 Å². The molecule has 0 radical (unpaired) electrons. The summed E-state index contributed by atoms with van der Waals surface area (Å²) in [4.78, 5) is 0. The first-order valence-electron chi connectivity index (χ1n) is 8.94. The van der Waals surface area contributed by atoms with Crippen molar-refractivity contribution in [2.24, 2.45) is 5.92 Å². The fraction of sp³-hybridized carbons (Fsp3) is 0.286. The molecule has 2 aromatic carbocycles. The number of halogens is 4. The zero-order chi connectivity index (χ0) is 21.2. The molecule has 2 atom stereocenters. The number of fused-ring (bicyclic) bond motifs is 1. The zero-order valence-electron chi connectivity index (χ0n) is 16.0. The average Bonchev–Trinajstić information content (AvgIpc) is 3.13. The Kier molecular flexibility index (Phi) is 6.21. The first-order chi connectivity index (χ1) is 13.7. The summed E-state index contributed by atoms with van der Waals surface area (Å²) >= 11 is 3.35. The minimum absolute atomic E-state index is 0.207. The van der Waals surface area contributed by atoms with Gasteiger partial charge in [0.25, 0.3) is 0 Å². The van der Waals surface area contributed by atoms with Crippen molar-refractivity contribution in [1.82, 2.24) is 10.2 Å². The predicted molar refractivity (Wildman–Crippen MR) is 112 cm³/mol. The molecule has 4 nitrogen and oxygen atoms in total. The molecule has 29 heavy (non-hydrogen) atoms. The molecule has 0 fully saturated rings. The quantitative estimate of drug-likeness (QED) is 0.383. The molecule has 3 aromatic rings. The highest BCUT2D eigenvalue weighted by atomic mass is 79.9. The van der Waals surface area contributed by atoms with E-state index in [1.807, 2.05) is 6.07 Å². The topological polar surface area (TPSA) is 49.9 Å². The number of ether oxygens (including phenoxy) is 1. The summed E-state index contributed by atoms with van der Waals surface area (Å²) in [7, 11) is 1.44. The third-order valence-corrected chi connectivity index (χ3v) is 5.21. The fourth-order valence-corrected chi connectivity index (χ4v) is 3.74. The van der Waals surface area contributed by atoms with Crippen LogP contribution >= 0.6 is 15.9 Å². The number of rotatable bonds is 7. The fourth-order valence-electron chi connectivity index (χ4n) is 3.40. The van der Waals surface area contributed by atoms with E-state index in [4.69, 9.17) is 4.74 Å². The molecular weight excluding hydrogens is 447 g/mol. The van der Waals surface area contributed by atoms with Crippen molar-refractivity contribution in [1.29, 1.82) is 0 Å². The van der Waals surface area contributed by atoms with E-state index >= 15 is 0 Å². The van der Waals surface area contributed by atoms with Crippen molar-refractivity contribution in [3.8, 4) is 5.75 Å². The van der Waals surface area contributed by atoms with Crippen molar-refractivity contribution in [3.63, 3.8) is 0 Å². The van der Waals surface area contributed by atoms with E-state index in [9.17, 15) is 13.2 Å². The standard InChI is InChI=1S/C21H21BrF3N3O/c1-12(2)9-16(21(23,24)25)20(14-8-7-13(22)10-19(14)29-3)27-17-5-4-6-18-15(17)11-26-28-18/h4-8,10-11,16,20,27H,1,9H2,2-3H3,(H,26,28). The Balaban J connectivity index is 2.15. The van der Waals surface area contributed by atoms with E-state index in [0.29, 0.717) is 28.0 Å². The van der Waals surface area contributed by atoms with Crippen LogP contribution < -0.4 is 10.1 Å². The molecular formula is C21H21BrF3N3O. The van der Waals surface area contributed by atoms with Gasteiger partial charge in [-0.1, -0.05) is 33.6 Å². The van der Waals surface area contributed by atoms with Gasteiger partial charge >= 0.3 is 6.18 Å². The number of anilines is 1. The molecule has 1 heterocycles. The summed E-state index contributed by atoms with van der Waals surface area (Å²) in [6, 6.07) is 9.25. The highest BCUT2D eigenvalue weighted by molar-refractivity contribution is 9.10. The lowest BCUT2D eigenvalue weighted by atomic mass is 9.86. The highest BCUT2D eigenvalue weighted by Crippen LogP contribution is 2.45. The minimum atomic E-state index is -4.45. The average molecular weight is 468 g/mol. The molecule has 2 unspecified atom stereocenters. The Labute approximate surface area is 175 Å². The number of aromatic nitrogens is 2. The number of alkyl halides is 3. The number of nitrogens with one attached hydrogen (secondary N) is 2. The molecule has 0 spiro atoms. The maximum atomic E-state index is 14.1. The molecule has 0 saturated heterocycles. The number of hydrogen-bond donors (Lipinski definition) is 2. The monoisotopic (exact) mass is 467 g/mol. The van der Waals surface area contributed by atoms with Crippen LogP contribution in [0.4, 0.5) is 18.9 Å². The maximum Gasteiger partial charge on any atom is 0.394 e. The Morgan fingerprint density at radius 3 is 2.72 bits per heavy atom. The van der Waals surface area contributed by atoms with Gasteiger partial charge in [0.15, 0.2) is 0 Å². The lowest BCUT2D eigenvalue weighted by Crippen LogP contribution is -2.33. The van der Waals surface area contributed by atoms with Gasteiger partial charge in [-0.15, -0.1) is 6.58 Å². The van der Waals surface area contributed by atoms with Crippen LogP contribution in [0.3, 0.4) is 0 Å². The lowest BCUT2D eigenvalue weighted by Gasteiger charge is -2.32. The second-order valence-corrected chi connectivity index (χ2v) is 7.87. The number of nitrogens with zero attached hydrogens (tertiary/aromatic N) is 1. The third-order valence-electron chi connectivity index (χ3n) is 4.72. The van der Waals surface area contributed by atoms with Crippen LogP contribution in [0.2, 0.25) is 0 Å². The van der Waals surface area contributed by atoms with Crippen molar-refractivity contribution in [3.05, 3.63) is 64.8 Å². The van der Waals surface area contributed by atoms with E-state index in [-0.39, 0.29) is 6.42 Å². The van der Waals surface area contributed by atoms with Crippen LogP contribution in [-0.2, 0) is 0 Å². The van der Waals surface area contributed by atoms with Gasteiger partial charge in [-0.2, -0.15) is 18.3 Å². The first-order valence-corrected chi connectivity index (χ1v) is 9.73. The van der Waals surface area contributed by atoms with Crippen LogP contribution in [-0.4, -0.2) is 23.5 Å². The van der Waals surface area contributed by atoms with E-state index in [1.54, 1.807) is 43.5 Å². The summed E-state index contributed by atoms with van der Waals surface area (Å²) < 4.78 is 48.5. The number of H-pyrrole nitrogens is 1. The number of methoxy groups -OCH3 is 1. The summed E-state index contributed by atoms with van der Waals surface area (Å²) in [6.45, 7) is 5.31. The number of allylic oxidation sites excluding steroid dienone is 1. The van der Waals surface area contributed by atoms with Crippen LogP contribution in [0, 0.1) is 5.92 Å². The molecule has 0 aliphatic carbocycles. The van der Waals surface area contributed by atoms with E-state index in [2.05, 4.69) is 38.0 Å². The predicted octanol–water partition coefficient (Wildman–Crippen LogP) is 6.63. The molecule has 154 valence electrons.